The molecule has 1 saturated carbocycles. The van der Waals surface area contributed by atoms with Crippen molar-refractivity contribution in [1.82, 2.24) is 9.03 Å². The van der Waals surface area contributed by atoms with Crippen LogP contribution in [0.3, 0.4) is 0 Å². The number of nitrogens with zero attached hydrogens (tertiary/aromatic N) is 1. The zero-order chi connectivity index (χ0) is 18.9. The standard InChI is InChI=1S/C17H27N3O4S2/c1-3-20(4-2)26(23,24)14-10-11-15-16(12-14)25(21,22)19-17(18-15)13-8-6-5-7-9-13/h10-13,17-19H,3-9H2,1-2H3. The summed E-state index contributed by atoms with van der Waals surface area (Å²) in [5.74, 6) is 0.255. The second kappa shape index (κ2) is 7.46. The van der Waals surface area contributed by atoms with Gasteiger partial charge in [0, 0.05) is 13.1 Å². The number of benzene rings is 1. The van der Waals surface area contributed by atoms with Crippen LogP contribution >= 0.6 is 0 Å². The smallest absolute Gasteiger partial charge is 0.244 e. The average molecular weight is 402 g/mol. The molecule has 26 heavy (non-hydrogen) atoms. The maximum Gasteiger partial charge on any atom is 0.244 e. The Morgan fingerprint density at radius 1 is 1.12 bits per heavy atom. The van der Waals surface area contributed by atoms with Crippen molar-refractivity contribution in [2.24, 2.45) is 5.92 Å². The summed E-state index contributed by atoms with van der Waals surface area (Å²) in [7, 11) is -7.46. The molecule has 1 aliphatic carbocycles. The Bertz CT molecular complexity index is 858. The fraction of sp³-hybridized carbons (Fsp3) is 0.647. The summed E-state index contributed by atoms with van der Waals surface area (Å²) >= 11 is 0. The van der Waals surface area contributed by atoms with Crippen LogP contribution in [0.4, 0.5) is 5.69 Å². The molecule has 0 aromatic heterocycles. The zero-order valence-electron chi connectivity index (χ0n) is 15.2. The fourth-order valence-corrected chi connectivity index (χ4v) is 6.80. The van der Waals surface area contributed by atoms with Crippen LogP contribution in [0.2, 0.25) is 0 Å². The zero-order valence-corrected chi connectivity index (χ0v) is 16.9. The molecule has 0 bridgehead atoms. The minimum Gasteiger partial charge on any atom is -0.368 e. The van der Waals surface area contributed by atoms with Crippen molar-refractivity contribution in [1.29, 1.82) is 0 Å². The van der Waals surface area contributed by atoms with E-state index in [2.05, 4.69) is 10.0 Å². The largest absolute Gasteiger partial charge is 0.368 e. The van der Waals surface area contributed by atoms with Crippen LogP contribution in [0.25, 0.3) is 0 Å². The van der Waals surface area contributed by atoms with Crippen LogP contribution in [0, 0.1) is 5.92 Å². The van der Waals surface area contributed by atoms with Crippen LogP contribution in [0.5, 0.6) is 0 Å². The molecule has 0 radical (unpaired) electrons. The number of nitrogens with one attached hydrogen (secondary N) is 2. The van der Waals surface area contributed by atoms with Gasteiger partial charge in [0.15, 0.2) is 0 Å². The number of sulfonamides is 2. The molecule has 9 heteroatoms. The Labute approximate surface area is 156 Å². The Morgan fingerprint density at radius 2 is 1.77 bits per heavy atom. The number of fused-ring (bicyclic) bond motifs is 1. The molecular weight excluding hydrogens is 374 g/mol. The van der Waals surface area contributed by atoms with Gasteiger partial charge >= 0.3 is 0 Å². The molecule has 2 aliphatic rings. The van der Waals surface area contributed by atoms with Gasteiger partial charge < -0.3 is 5.32 Å². The van der Waals surface area contributed by atoms with Gasteiger partial charge in [-0.05, 0) is 37.0 Å². The maximum atomic E-state index is 12.8. The summed E-state index contributed by atoms with van der Waals surface area (Å²) in [4.78, 5) is 0.000956. The molecule has 0 amide bonds. The molecule has 1 heterocycles. The van der Waals surface area contributed by atoms with Gasteiger partial charge in [0.05, 0.1) is 16.7 Å². The van der Waals surface area contributed by atoms with E-state index in [-0.39, 0.29) is 21.9 Å². The van der Waals surface area contributed by atoms with E-state index < -0.39 is 20.0 Å². The van der Waals surface area contributed by atoms with E-state index in [9.17, 15) is 16.8 Å². The molecule has 0 saturated heterocycles. The molecule has 2 N–H and O–H groups in total. The van der Waals surface area contributed by atoms with Crippen molar-refractivity contribution in [3.63, 3.8) is 0 Å². The van der Waals surface area contributed by atoms with E-state index in [0.29, 0.717) is 18.8 Å². The van der Waals surface area contributed by atoms with Crippen LogP contribution in [-0.2, 0) is 20.0 Å². The van der Waals surface area contributed by atoms with Gasteiger partial charge in [0.1, 0.15) is 4.90 Å². The van der Waals surface area contributed by atoms with Crippen LogP contribution < -0.4 is 10.0 Å². The summed E-state index contributed by atoms with van der Waals surface area (Å²) in [6, 6.07) is 4.31. The Hall–Kier alpha value is -1.16. The minimum absolute atomic E-state index is 0.00205. The number of rotatable bonds is 5. The first-order valence-corrected chi connectivity index (χ1v) is 12.1. The molecule has 1 aromatic rings. The maximum absolute atomic E-state index is 12.8. The summed E-state index contributed by atoms with van der Waals surface area (Å²) in [6.45, 7) is 4.19. The molecule has 1 aliphatic heterocycles. The van der Waals surface area contributed by atoms with Gasteiger partial charge in [0.25, 0.3) is 0 Å². The predicted octanol–water partition coefficient (Wildman–Crippen LogP) is 2.33. The summed E-state index contributed by atoms with van der Waals surface area (Å²) in [5, 5.41) is 3.26. The SMILES string of the molecule is CCN(CC)S(=O)(=O)c1ccc2c(c1)S(=O)(=O)NC(C1CCCCC1)N2. The monoisotopic (exact) mass is 401 g/mol. The molecule has 1 aromatic carbocycles. The lowest BCUT2D eigenvalue weighted by Crippen LogP contribution is -2.49. The quantitative estimate of drug-likeness (QED) is 0.789. The van der Waals surface area contributed by atoms with Gasteiger partial charge in [-0.3, -0.25) is 0 Å². The Morgan fingerprint density at radius 3 is 2.38 bits per heavy atom. The van der Waals surface area contributed by atoms with E-state index in [0.717, 1.165) is 25.7 Å². The Balaban J connectivity index is 1.95. The number of hydrogen-bond donors (Lipinski definition) is 2. The van der Waals surface area contributed by atoms with Crippen LogP contribution in [0.15, 0.2) is 28.0 Å². The van der Waals surface area contributed by atoms with E-state index in [1.807, 2.05) is 0 Å². The molecule has 1 atom stereocenters. The third-order valence-electron chi connectivity index (χ3n) is 5.30. The van der Waals surface area contributed by atoms with Gasteiger partial charge in [-0.2, -0.15) is 9.03 Å². The second-order valence-corrected chi connectivity index (χ2v) is 10.5. The highest BCUT2D eigenvalue weighted by molar-refractivity contribution is 7.90. The van der Waals surface area contributed by atoms with E-state index in [4.69, 9.17) is 0 Å². The topological polar surface area (TPSA) is 95.6 Å². The predicted molar refractivity (Wildman–Crippen MR) is 101 cm³/mol. The summed E-state index contributed by atoms with van der Waals surface area (Å²) < 4.78 is 54.9. The van der Waals surface area contributed by atoms with E-state index in [1.54, 1.807) is 19.9 Å². The normalized spacial score (nSPS) is 23.4. The van der Waals surface area contributed by atoms with Gasteiger partial charge in [-0.15, -0.1) is 0 Å². The third-order valence-corrected chi connectivity index (χ3v) is 8.83. The lowest BCUT2D eigenvalue weighted by atomic mass is 9.87. The van der Waals surface area contributed by atoms with Crippen molar-refractivity contribution >= 4 is 25.7 Å². The molecule has 0 spiro atoms. The number of anilines is 1. The second-order valence-electron chi connectivity index (χ2n) is 6.89. The van der Waals surface area contributed by atoms with Crippen LogP contribution in [0.1, 0.15) is 46.0 Å². The van der Waals surface area contributed by atoms with Crippen molar-refractivity contribution < 1.29 is 16.8 Å². The summed E-state index contributed by atoms with van der Waals surface area (Å²) in [6.07, 6.45) is 5.06. The van der Waals surface area contributed by atoms with Gasteiger partial charge in [-0.25, -0.2) is 16.8 Å². The van der Waals surface area contributed by atoms with Gasteiger partial charge in [-0.1, -0.05) is 33.1 Å². The first-order chi connectivity index (χ1) is 12.3. The molecule has 1 fully saturated rings. The van der Waals surface area contributed by atoms with Crippen molar-refractivity contribution in [2.45, 2.75) is 61.9 Å². The van der Waals surface area contributed by atoms with Crippen molar-refractivity contribution in [3.8, 4) is 0 Å². The average Bonchev–Trinajstić information content (AvgIpc) is 2.62. The van der Waals surface area contributed by atoms with E-state index >= 15 is 0 Å². The van der Waals surface area contributed by atoms with Crippen molar-refractivity contribution in [3.05, 3.63) is 18.2 Å². The van der Waals surface area contributed by atoms with E-state index in [1.165, 1.54) is 22.9 Å². The first kappa shape index (κ1) is 19.6. The summed E-state index contributed by atoms with van der Waals surface area (Å²) in [5.41, 5.74) is 0.470. The highest BCUT2D eigenvalue weighted by Crippen LogP contribution is 2.34. The first-order valence-electron chi connectivity index (χ1n) is 9.22. The fourth-order valence-electron chi connectivity index (χ4n) is 3.83. The molecule has 1 unspecified atom stereocenters. The van der Waals surface area contributed by atoms with Crippen molar-refractivity contribution in [2.75, 3.05) is 18.4 Å². The molecule has 3 rings (SSSR count). The van der Waals surface area contributed by atoms with Crippen LogP contribution in [-0.4, -0.2) is 40.4 Å². The minimum atomic E-state index is -3.76. The highest BCUT2D eigenvalue weighted by Gasteiger charge is 2.35. The third kappa shape index (κ3) is 3.62. The lowest BCUT2D eigenvalue weighted by Gasteiger charge is -2.35. The number of hydrogen-bond acceptors (Lipinski definition) is 5. The lowest BCUT2D eigenvalue weighted by molar-refractivity contribution is 0.306. The highest BCUT2D eigenvalue weighted by atomic mass is 32.2. The molecule has 146 valence electrons. The molecule has 7 nitrogen and oxygen atoms in total. The Kier molecular flexibility index (Phi) is 5.62. The van der Waals surface area contributed by atoms with Gasteiger partial charge in [0.2, 0.25) is 20.0 Å². The molecular formula is C17H27N3O4S2.